The second-order valence-corrected chi connectivity index (χ2v) is 7.56. The van der Waals surface area contributed by atoms with Crippen molar-refractivity contribution in [3.8, 4) is 5.75 Å². The van der Waals surface area contributed by atoms with E-state index in [1.165, 1.54) is 12.1 Å². The van der Waals surface area contributed by atoms with Gasteiger partial charge in [0, 0.05) is 6.54 Å². The Morgan fingerprint density at radius 3 is 2.39 bits per heavy atom. The van der Waals surface area contributed by atoms with Gasteiger partial charge in [0.15, 0.2) is 0 Å². The molecule has 0 aromatic heterocycles. The summed E-state index contributed by atoms with van der Waals surface area (Å²) in [6, 6.07) is 19.3. The van der Waals surface area contributed by atoms with E-state index < -0.39 is 23.7 Å². The monoisotopic (exact) mass is 419 g/mol. The summed E-state index contributed by atoms with van der Waals surface area (Å²) < 4.78 is 18.8. The number of carbonyl (C=O) groups excluding carboxylic acids is 1. The molecule has 0 fully saturated rings. The van der Waals surface area contributed by atoms with E-state index in [1.807, 2.05) is 12.1 Å². The molecule has 0 saturated heterocycles. The lowest BCUT2D eigenvalue weighted by atomic mass is 9.84. The summed E-state index contributed by atoms with van der Waals surface area (Å²) in [4.78, 5) is 27.4. The van der Waals surface area contributed by atoms with Crippen LogP contribution in [-0.4, -0.2) is 29.0 Å². The van der Waals surface area contributed by atoms with Crippen LogP contribution in [0.25, 0.3) is 0 Å². The van der Waals surface area contributed by atoms with Crippen molar-refractivity contribution in [2.45, 2.75) is 24.9 Å². The van der Waals surface area contributed by atoms with Gasteiger partial charge in [-0.25, -0.2) is 4.39 Å². The first-order valence-electron chi connectivity index (χ1n) is 9.96. The van der Waals surface area contributed by atoms with Crippen molar-refractivity contribution in [3.05, 3.63) is 101 Å². The number of carboxylic acids is 1. The summed E-state index contributed by atoms with van der Waals surface area (Å²) in [7, 11) is 1.58. The second kappa shape index (κ2) is 8.60. The molecular weight excluding hydrogens is 397 g/mol. The fourth-order valence-corrected chi connectivity index (χ4v) is 4.18. The molecule has 3 aromatic carbocycles. The molecule has 3 aromatic rings. The van der Waals surface area contributed by atoms with E-state index in [4.69, 9.17) is 4.74 Å². The number of nitrogens with zero attached hydrogens (tertiary/aromatic N) is 1. The molecule has 1 aliphatic heterocycles. The van der Waals surface area contributed by atoms with E-state index in [0.717, 1.165) is 5.56 Å². The number of hydrogen-bond acceptors (Lipinski definition) is 3. The normalized spacial score (nSPS) is 18.3. The number of rotatable bonds is 5. The fraction of sp³-hybridized carbons (Fsp3) is 0.200. The Hall–Kier alpha value is -3.67. The lowest BCUT2D eigenvalue weighted by molar-refractivity contribution is -0.143. The minimum atomic E-state index is -1.03. The smallest absolute Gasteiger partial charge is 0.313 e. The van der Waals surface area contributed by atoms with Crippen LogP contribution in [0.3, 0.4) is 0 Å². The Morgan fingerprint density at radius 1 is 1.06 bits per heavy atom. The summed E-state index contributed by atoms with van der Waals surface area (Å²) in [6.45, 7) is 0.225. The highest BCUT2D eigenvalue weighted by atomic mass is 19.1. The van der Waals surface area contributed by atoms with Crippen molar-refractivity contribution < 1.29 is 23.8 Å². The number of aliphatic carboxylic acids is 1. The molecule has 0 spiro atoms. The number of carboxylic acid groups (broad SMARTS) is 1. The summed E-state index contributed by atoms with van der Waals surface area (Å²) in [5.74, 6) is -1.92. The Bertz CT molecular complexity index is 1100. The molecule has 2 atom stereocenters. The maximum absolute atomic E-state index is 13.6. The molecule has 0 radical (unpaired) electrons. The van der Waals surface area contributed by atoms with Crippen LogP contribution in [0, 0.1) is 5.82 Å². The molecule has 1 heterocycles. The van der Waals surface area contributed by atoms with Gasteiger partial charge in [-0.15, -0.1) is 0 Å². The van der Waals surface area contributed by atoms with Crippen LogP contribution in [-0.2, 0) is 22.6 Å². The van der Waals surface area contributed by atoms with Gasteiger partial charge >= 0.3 is 5.97 Å². The molecule has 1 aliphatic rings. The number of benzene rings is 3. The van der Waals surface area contributed by atoms with Crippen molar-refractivity contribution >= 4 is 11.9 Å². The van der Waals surface area contributed by atoms with E-state index in [9.17, 15) is 19.1 Å². The van der Waals surface area contributed by atoms with E-state index in [0.29, 0.717) is 22.4 Å². The van der Waals surface area contributed by atoms with E-state index >= 15 is 0 Å². The molecule has 31 heavy (non-hydrogen) atoms. The first kappa shape index (κ1) is 20.6. The third-order valence-electron chi connectivity index (χ3n) is 5.69. The molecule has 158 valence electrons. The number of ether oxygens (including phenoxy) is 1. The SMILES string of the molecule is COc1ccc(CN2C(=O)Cc3ccccc3[C@H](C(=O)O)[C@H]2c2ccc(F)cc2)cc1. The van der Waals surface area contributed by atoms with Crippen molar-refractivity contribution in [1.82, 2.24) is 4.90 Å². The Balaban J connectivity index is 1.84. The highest BCUT2D eigenvalue weighted by molar-refractivity contribution is 5.86. The second-order valence-electron chi connectivity index (χ2n) is 7.56. The zero-order valence-electron chi connectivity index (χ0n) is 17.0. The number of fused-ring (bicyclic) bond motifs is 1. The molecule has 0 aliphatic carbocycles. The highest BCUT2D eigenvalue weighted by Gasteiger charge is 2.41. The number of carbonyl (C=O) groups is 2. The summed E-state index contributed by atoms with van der Waals surface area (Å²) >= 11 is 0. The Labute approximate surface area is 179 Å². The highest BCUT2D eigenvalue weighted by Crippen LogP contribution is 2.41. The molecule has 0 saturated carbocycles. The molecule has 0 bridgehead atoms. The van der Waals surface area contributed by atoms with Gasteiger partial charge in [-0.1, -0.05) is 48.5 Å². The van der Waals surface area contributed by atoms with Gasteiger partial charge in [0.1, 0.15) is 17.5 Å². The predicted octanol–water partition coefficient (Wildman–Crippen LogP) is 4.33. The van der Waals surface area contributed by atoms with E-state index in [1.54, 1.807) is 60.5 Å². The van der Waals surface area contributed by atoms with Gasteiger partial charge in [-0.05, 0) is 46.5 Å². The standard InChI is InChI=1S/C25H22FNO4/c1-31-20-12-6-16(7-13-20)15-27-22(28)14-18-4-2-3-5-21(18)23(25(29)30)24(27)17-8-10-19(26)11-9-17/h2-13,23-24H,14-15H2,1H3,(H,29,30)/t23-,24+/m0/s1. The fourth-order valence-electron chi connectivity index (χ4n) is 4.18. The maximum Gasteiger partial charge on any atom is 0.313 e. The summed E-state index contributed by atoms with van der Waals surface area (Å²) in [5, 5.41) is 10.2. The van der Waals surface area contributed by atoms with Crippen molar-refractivity contribution in [2.75, 3.05) is 7.11 Å². The summed E-state index contributed by atoms with van der Waals surface area (Å²) in [5.41, 5.74) is 2.72. The van der Waals surface area contributed by atoms with Gasteiger partial charge in [-0.3, -0.25) is 9.59 Å². The van der Waals surface area contributed by atoms with Crippen LogP contribution in [0.2, 0.25) is 0 Å². The van der Waals surface area contributed by atoms with Gasteiger partial charge in [-0.2, -0.15) is 0 Å². The average molecular weight is 419 g/mol. The van der Waals surface area contributed by atoms with Gasteiger partial charge in [0.2, 0.25) is 5.91 Å². The van der Waals surface area contributed by atoms with Crippen LogP contribution in [0.5, 0.6) is 5.75 Å². The average Bonchev–Trinajstić information content (AvgIpc) is 2.89. The quantitative estimate of drug-likeness (QED) is 0.669. The minimum Gasteiger partial charge on any atom is -0.497 e. The summed E-state index contributed by atoms with van der Waals surface area (Å²) in [6.07, 6.45) is 0.105. The number of amides is 1. The molecule has 5 nitrogen and oxygen atoms in total. The topological polar surface area (TPSA) is 66.8 Å². The molecule has 0 unspecified atom stereocenters. The zero-order valence-corrected chi connectivity index (χ0v) is 17.0. The lowest BCUT2D eigenvalue weighted by Gasteiger charge is -2.34. The zero-order chi connectivity index (χ0) is 22.0. The van der Waals surface area contributed by atoms with Crippen molar-refractivity contribution in [3.63, 3.8) is 0 Å². The van der Waals surface area contributed by atoms with Crippen molar-refractivity contribution in [2.24, 2.45) is 0 Å². The van der Waals surface area contributed by atoms with Crippen molar-refractivity contribution in [1.29, 1.82) is 0 Å². The molecule has 6 heteroatoms. The molecule has 1 amide bonds. The van der Waals surface area contributed by atoms with Crippen LogP contribution in [0.15, 0.2) is 72.8 Å². The van der Waals surface area contributed by atoms with E-state index in [-0.39, 0.29) is 18.9 Å². The largest absolute Gasteiger partial charge is 0.497 e. The first-order chi connectivity index (χ1) is 15.0. The van der Waals surface area contributed by atoms with Gasteiger partial charge in [0.25, 0.3) is 0 Å². The van der Waals surface area contributed by atoms with Crippen LogP contribution in [0.4, 0.5) is 4.39 Å². The predicted molar refractivity (Wildman–Crippen MR) is 113 cm³/mol. The first-order valence-corrected chi connectivity index (χ1v) is 9.96. The third-order valence-corrected chi connectivity index (χ3v) is 5.69. The maximum atomic E-state index is 13.6. The minimum absolute atomic E-state index is 0.105. The van der Waals surface area contributed by atoms with Crippen LogP contribution in [0.1, 0.15) is 34.2 Å². The van der Waals surface area contributed by atoms with Gasteiger partial charge < -0.3 is 14.7 Å². The Kier molecular flexibility index (Phi) is 5.71. The molecular formula is C25H22FNO4. The lowest BCUT2D eigenvalue weighted by Crippen LogP contribution is -2.38. The number of hydrogen-bond donors (Lipinski definition) is 1. The third kappa shape index (κ3) is 4.14. The number of halogens is 1. The number of methoxy groups -OCH3 is 1. The molecule has 1 N–H and O–H groups in total. The Morgan fingerprint density at radius 2 is 1.74 bits per heavy atom. The molecule has 4 rings (SSSR count). The van der Waals surface area contributed by atoms with Gasteiger partial charge in [0.05, 0.1) is 19.6 Å². The van der Waals surface area contributed by atoms with Crippen LogP contribution >= 0.6 is 0 Å². The van der Waals surface area contributed by atoms with E-state index in [2.05, 4.69) is 0 Å². The van der Waals surface area contributed by atoms with Crippen LogP contribution < -0.4 is 4.74 Å².